The largest absolute Gasteiger partial charge is 0.376 e. The monoisotopic (exact) mass is 311 g/mol. The van der Waals surface area contributed by atoms with E-state index < -0.39 is 0 Å². The number of anilines is 1. The summed E-state index contributed by atoms with van der Waals surface area (Å²) in [5.41, 5.74) is 4.16. The van der Waals surface area contributed by atoms with Crippen molar-refractivity contribution in [1.29, 1.82) is 5.26 Å². The number of carbonyl (C=O) groups is 1. The number of benzene rings is 1. The molecule has 23 heavy (non-hydrogen) atoms. The summed E-state index contributed by atoms with van der Waals surface area (Å²) < 4.78 is 0. The number of rotatable bonds is 3. The van der Waals surface area contributed by atoms with Crippen LogP contribution in [0.25, 0.3) is 0 Å². The van der Waals surface area contributed by atoms with Crippen molar-refractivity contribution in [1.82, 2.24) is 4.90 Å². The molecular formula is C19H25N3O. The summed E-state index contributed by atoms with van der Waals surface area (Å²) in [4.78, 5) is 14.5. The van der Waals surface area contributed by atoms with Gasteiger partial charge in [0.2, 0.25) is 0 Å². The molecule has 1 aromatic carbocycles. The number of likely N-dealkylation sites (tertiary alicyclic amines) is 1. The summed E-state index contributed by atoms with van der Waals surface area (Å²) in [6.07, 6.45) is 3.92. The summed E-state index contributed by atoms with van der Waals surface area (Å²) in [7, 11) is 0. The van der Waals surface area contributed by atoms with E-state index in [4.69, 9.17) is 0 Å². The zero-order chi connectivity index (χ0) is 17.0. The second-order valence-electron chi connectivity index (χ2n) is 6.60. The first-order valence-corrected chi connectivity index (χ1v) is 8.16. The van der Waals surface area contributed by atoms with E-state index in [2.05, 4.69) is 17.1 Å². The highest BCUT2D eigenvalue weighted by Crippen LogP contribution is 2.23. The summed E-state index contributed by atoms with van der Waals surface area (Å²) in [6, 6.07) is 6.10. The van der Waals surface area contributed by atoms with Gasteiger partial charge in [0.15, 0.2) is 0 Å². The van der Waals surface area contributed by atoms with Gasteiger partial charge >= 0.3 is 0 Å². The van der Waals surface area contributed by atoms with Crippen molar-refractivity contribution in [3.8, 4) is 6.07 Å². The third kappa shape index (κ3) is 4.35. The van der Waals surface area contributed by atoms with Crippen molar-refractivity contribution in [2.24, 2.45) is 5.92 Å². The molecule has 1 aliphatic heterocycles. The predicted molar refractivity (Wildman–Crippen MR) is 92.9 cm³/mol. The number of carbonyl (C=O) groups excluding carboxylic acids is 1. The van der Waals surface area contributed by atoms with Gasteiger partial charge in [-0.3, -0.25) is 4.79 Å². The van der Waals surface area contributed by atoms with Crippen molar-refractivity contribution < 1.29 is 4.79 Å². The maximum atomic E-state index is 12.4. The third-order valence-electron chi connectivity index (χ3n) is 4.41. The minimum atomic E-state index is -0.332. The van der Waals surface area contributed by atoms with Gasteiger partial charge in [0.1, 0.15) is 11.6 Å². The number of amides is 1. The van der Waals surface area contributed by atoms with E-state index >= 15 is 0 Å². The second-order valence-corrected chi connectivity index (χ2v) is 6.60. The molecule has 0 aliphatic carbocycles. The SMILES string of the molecule is Cc1cc(C)c(NC(=O)/C(C#N)=C\N2CCC(C)CC2)c(C)c1. The maximum absolute atomic E-state index is 12.4. The minimum Gasteiger partial charge on any atom is -0.376 e. The average Bonchev–Trinajstić information content (AvgIpc) is 2.50. The number of hydrogen-bond acceptors (Lipinski definition) is 3. The Morgan fingerprint density at radius 2 is 1.83 bits per heavy atom. The molecule has 2 rings (SSSR count). The van der Waals surface area contributed by atoms with Crippen LogP contribution in [-0.2, 0) is 4.79 Å². The third-order valence-corrected chi connectivity index (χ3v) is 4.41. The maximum Gasteiger partial charge on any atom is 0.267 e. The summed E-state index contributed by atoms with van der Waals surface area (Å²) >= 11 is 0. The molecule has 0 radical (unpaired) electrons. The van der Waals surface area contributed by atoms with E-state index in [0.717, 1.165) is 54.2 Å². The van der Waals surface area contributed by atoms with E-state index in [-0.39, 0.29) is 11.5 Å². The molecule has 0 atom stereocenters. The van der Waals surface area contributed by atoms with Crippen LogP contribution in [0.4, 0.5) is 5.69 Å². The number of nitrogens with zero attached hydrogens (tertiary/aromatic N) is 2. The highest BCUT2D eigenvalue weighted by molar-refractivity contribution is 6.07. The molecule has 0 spiro atoms. The molecular weight excluding hydrogens is 286 g/mol. The minimum absolute atomic E-state index is 0.166. The number of nitriles is 1. The van der Waals surface area contributed by atoms with Crippen LogP contribution in [-0.4, -0.2) is 23.9 Å². The first-order chi connectivity index (χ1) is 10.9. The van der Waals surface area contributed by atoms with Gasteiger partial charge in [0.05, 0.1) is 0 Å². The lowest BCUT2D eigenvalue weighted by Crippen LogP contribution is -2.29. The first kappa shape index (κ1) is 17.1. The van der Waals surface area contributed by atoms with Gasteiger partial charge in [-0.25, -0.2) is 0 Å². The van der Waals surface area contributed by atoms with Crippen molar-refractivity contribution in [2.45, 2.75) is 40.5 Å². The fourth-order valence-electron chi connectivity index (χ4n) is 3.04. The van der Waals surface area contributed by atoms with Gasteiger partial charge in [-0.15, -0.1) is 0 Å². The van der Waals surface area contributed by atoms with Gasteiger partial charge in [0, 0.05) is 25.0 Å². The average molecular weight is 311 g/mol. The number of nitrogens with one attached hydrogen (secondary N) is 1. The Hall–Kier alpha value is -2.28. The molecule has 1 heterocycles. The molecule has 0 unspecified atom stereocenters. The zero-order valence-corrected chi connectivity index (χ0v) is 14.4. The van der Waals surface area contributed by atoms with Crippen molar-refractivity contribution in [3.63, 3.8) is 0 Å². The van der Waals surface area contributed by atoms with Crippen LogP contribution in [0, 0.1) is 38.0 Å². The quantitative estimate of drug-likeness (QED) is 0.684. The lowest BCUT2D eigenvalue weighted by Gasteiger charge is -2.29. The number of piperidine rings is 1. The summed E-state index contributed by atoms with van der Waals surface area (Å²) in [5, 5.41) is 12.2. The van der Waals surface area contributed by atoms with Gasteiger partial charge in [-0.05, 0) is 50.7 Å². The topological polar surface area (TPSA) is 56.1 Å². The van der Waals surface area contributed by atoms with E-state index in [1.165, 1.54) is 0 Å². The van der Waals surface area contributed by atoms with Crippen molar-refractivity contribution in [2.75, 3.05) is 18.4 Å². The molecule has 0 saturated carbocycles. The number of aryl methyl sites for hydroxylation is 3. The van der Waals surface area contributed by atoms with Crippen LogP contribution in [0.3, 0.4) is 0 Å². The molecule has 0 bridgehead atoms. The van der Waals surface area contributed by atoms with Gasteiger partial charge in [0.25, 0.3) is 5.91 Å². The van der Waals surface area contributed by atoms with Crippen LogP contribution in [0.2, 0.25) is 0 Å². The molecule has 1 fully saturated rings. The predicted octanol–water partition coefficient (Wildman–Crippen LogP) is 3.69. The second kappa shape index (κ2) is 7.32. The van der Waals surface area contributed by atoms with E-state index in [0.29, 0.717) is 0 Å². The summed E-state index contributed by atoms with van der Waals surface area (Å²) in [6.45, 7) is 10.0. The van der Waals surface area contributed by atoms with Gasteiger partial charge in [-0.1, -0.05) is 24.6 Å². The fraction of sp³-hybridized carbons (Fsp3) is 0.474. The van der Waals surface area contributed by atoms with E-state index in [1.54, 1.807) is 6.20 Å². The molecule has 1 aromatic rings. The van der Waals surface area contributed by atoms with E-state index in [1.807, 2.05) is 39.0 Å². The molecule has 1 amide bonds. The molecule has 4 nitrogen and oxygen atoms in total. The highest BCUT2D eigenvalue weighted by Gasteiger charge is 2.17. The highest BCUT2D eigenvalue weighted by atomic mass is 16.1. The van der Waals surface area contributed by atoms with Crippen LogP contribution < -0.4 is 5.32 Å². The Morgan fingerprint density at radius 1 is 1.26 bits per heavy atom. The smallest absolute Gasteiger partial charge is 0.267 e. The lowest BCUT2D eigenvalue weighted by molar-refractivity contribution is -0.112. The standard InChI is InChI=1S/C19H25N3O/c1-13-5-7-22(8-6-13)12-17(11-20)19(23)21-18-15(3)9-14(2)10-16(18)4/h9-10,12-13H,5-8H2,1-4H3,(H,21,23)/b17-12-. The molecule has 1 aliphatic rings. The Balaban J connectivity index is 2.14. The van der Waals surface area contributed by atoms with Gasteiger partial charge < -0.3 is 10.2 Å². The van der Waals surface area contributed by atoms with Crippen LogP contribution >= 0.6 is 0 Å². The Bertz CT molecular complexity index is 639. The molecule has 1 N–H and O–H groups in total. The zero-order valence-electron chi connectivity index (χ0n) is 14.4. The number of hydrogen-bond donors (Lipinski definition) is 1. The van der Waals surface area contributed by atoms with Crippen molar-refractivity contribution >= 4 is 11.6 Å². The Morgan fingerprint density at radius 3 is 2.35 bits per heavy atom. The van der Waals surface area contributed by atoms with Crippen LogP contribution in [0.1, 0.15) is 36.5 Å². The molecule has 122 valence electrons. The molecule has 1 saturated heterocycles. The Labute approximate surface area is 138 Å². The van der Waals surface area contributed by atoms with E-state index in [9.17, 15) is 10.1 Å². The van der Waals surface area contributed by atoms with Crippen molar-refractivity contribution in [3.05, 3.63) is 40.6 Å². The van der Waals surface area contributed by atoms with Crippen LogP contribution in [0.15, 0.2) is 23.9 Å². The normalized spacial score (nSPS) is 16.1. The Kier molecular flexibility index (Phi) is 5.44. The molecule has 0 aromatic heterocycles. The van der Waals surface area contributed by atoms with Crippen LogP contribution in [0.5, 0.6) is 0 Å². The van der Waals surface area contributed by atoms with Gasteiger partial charge in [-0.2, -0.15) is 5.26 Å². The lowest BCUT2D eigenvalue weighted by atomic mass is 9.99. The fourth-order valence-corrected chi connectivity index (χ4v) is 3.04. The molecule has 4 heteroatoms. The first-order valence-electron chi connectivity index (χ1n) is 8.16. The summed E-state index contributed by atoms with van der Waals surface area (Å²) in [5.74, 6) is 0.387.